The van der Waals surface area contributed by atoms with E-state index in [-0.39, 0.29) is 88.2 Å². The minimum Gasteiger partial charge on any atom is -0.508 e. The van der Waals surface area contributed by atoms with Crippen LogP contribution in [-0.2, 0) is 49.8 Å². The van der Waals surface area contributed by atoms with Crippen molar-refractivity contribution in [3.05, 3.63) is 99.7 Å². The molecule has 18 nitrogen and oxygen atoms in total. The Bertz CT molecular complexity index is 2710. The number of amides is 4. The van der Waals surface area contributed by atoms with Crippen LogP contribution in [0.3, 0.4) is 0 Å². The van der Waals surface area contributed by atoms with Crippen LogP contribution < -0.4 is 21.7 Å². The lowest BCUT2D eigenvalue weighted by molar-refractivity contribution is -0.135. The molecule has 20 heteroatoms. The molecular formula is C46H50Cl2N10O8. The molecule has 0 fully saturated rings. The van der Waals surface area contributed by atoms with Crippen LogP contribution in [0.4, 0.5) is 5.82 Å². The zero-order chi connectivity index (χ0) is 46.7. The minimum absolute atomic E-state index is 0.0312. The second-order valence-corrected chi connectivity index (χ2v) is 16.1. The van der Waals surface area contributed by atoms with Gasteiger partial charge in [0, 0.05) is 103 Å². The van der Waals surface area contributed by atoms with Crippen molar-refractivity contribution in [3.8, 4) is 39.3 Å². The Morgan fingerprint density at radius 2 is 1.61 bits per heavy atom. The number of aliphatic hydroxyl groups is 1. The third kappa shape index (κ3) is 11.3. The van der Waals surface area contributed by atoms with Crippen LogP contribution in [0, 0.1) is 0 Å². The van der Waals surface area contributed by atoms with Gasteiger partial charge in [-0.2, -0.15) is 5.10 Å². The van der Waals surface area contributed by atoms with Crippen molar-refractivity contribution in [2.75, 3.05) is 64.9 Å². The van der Waals surface area contributed by atoms with Gasteiger partial charge in [-0.3, -0.25) is 28.8 Å². The van der Waals surface area contributed by atoms with E-state index in [9.17, 15) is 29.4 Å². The summed E-state index contributed by atoms with van der Waals surface area (Å²) in [6, 6.07) is 13.7. The van der Waals surface area contributed by atoms with Gasteiger partial charge in [-0.15, -0.1) is 0 Å². The average molecular weight is 942 g/mol. The first-order valence-electron chi connectivity index (χ1n) is 21.4. The predicted octanol–water partition coefficient (Wildman–Crippen LogP) is 4.28. The number of aromatic nitrogens is 5. The number of hydrogen-bond acceptors (Lipinski definition) is 12. The van der Waals surface area contributed by atoms with Crippen LogP contribution in [0.15, 0.2) is 67.1 Å². The van der Waals surface area contributed by atoms with E-state index < -0.39 is 12.5 Å². The van der Waals surface area contributed by atoms with Gasteiger partial charge in [0.2, 0.25) is 17.7 Å². The molecule has 0 atom stereocenters. The maximum absolute atomic E-state index is 12.8. The Labute approximate surface area is 389 Å². The van der Waals surface area contributed by atoms with Crippen LogP contribution in [0.5, 0.6) is 5.75 Å². The fourth-order valence-electron chi connectivity index (χ4n) is 7.79. The van der Waals surface area contributed by atoms with Crippen LogP contribution in [-0.4, -0.2) is 123 Å². The number of nitrogens with one attached hydrogen (secondary N) is 4. The number of carbonyl (C=O) groups is 4. The minimum atomic E-state index is -0.571. The molecule has 2 aromatic carbocycles. The highest BCUT2D eigenvalue weighted by atomic mass is 35.5. The van der Waals surface area contributed by atoms with E-state index >= 15 is 0 Å². The zero-order valence-electron chi connectivity index (χ0n) is 36.2. The highest BCUT2D eigenvalue weighted by molar-refractivity contribution is 6.45. The Morgan fingerprint density at radius 3 is 2.30 bits per heavy atom. The van der Waals surface area contributed by atoms with E-state index in [0.717, 1.165) is 44.5 Å². The molecule has 7 rings (SSSR count). The number of fused-ring (bicyclic) bond motifs is 3. The van der Waals surface area contributed by atoms with E-state index in [2.05, 4.69) is 36.0 Å². The summed E-state index contributed by atoms with van der Waals surface area (Å²) in [5, 5.41) is 33.5. The molecule has 4 aromatic heterocycles. The number of H-pyrrole nitrogens is 1. The van der Waals surface area contributed by atoms with E-state index in [0.29, 0.717) is 58.6 Å². The molecule has 6 aromatic rings. The lowest BCUT2D eigenvalue weighted by atomic mass is 9.92. The number of benzene rings is 2. The smallest absolute Gasteiger partial charge is 0.269 e. The number of aromatic amines is 1. The lowest BCUT2D eigenvalue weighted by Gasteiger charge is -2.26. The molecule has 0 saturated carbocycles. The van der Waals surface area contributed by atoms with Gasteiger partial charge in [0.15, 0.2) is 0 Å². The normalized spacial score (nSPS) is 12.3. The van der Waals surface area contributed by atoms with Gasteiger partial charge in [0.05, 0.1) is 47.7 Å². The third-order valence-corrected chi connectivity index (χ3v) is 11.8. The van der Waals surface area contributed by atoms with Crippen molar-refractivity contribution >= 4 is 63.6 Å². The van der Waals surface area contributed by atoms with Crippen molar-refractivity contribution in [1.29, 1.82) is 0 Å². The van der Waals surface area contributed by atoms with Gasteiger partial charge < -0.3 is 51.3 Å². The standard InChI is InChI=1S/C46H50Cl2N10O8/c1-2-30-32(23-54-45(49)41(30)27-3-6-29(60)7-4-27)28-5-8-37(53-22-28)46(64)52-12-9-38(61)50-13-17-65-19-20-66-18-14-51-39(62)25-58-16-11-36(56-58)31-21-34(47)43(48)44-42(31)33-24-57(40(63)26-59)15-10-35(33)55-44/h3-8,11,16,21-23,55,59-60H,2,9-10,12-15,17-20,24-26H2,1H3,(H2,49,54)(H,50,61)(H,51,62)(H,52,64). The highest BCUT2D eigenvalue weighted by Crippen LogP contribution is 2.42. The van der Waals surface area contributed by atoms with Crippen molar-refractivity contribution < 1.29 is 38.9 Å². The SMILES string of the molecule is CCc1c(-c2ccc(C(=O)NCCC(=O)NCCOCCOCCNC(=O)Cn3ccc(-c4cc(Cl)c(Cl)c5[nH]c6c(c45)CN(C(=O)CO)CC6)n3)nc2)cnc(N)c1-c1ccc(O)cc1. The molecule has 1 aliphatic rings. The fraction of sp³-hybridized carbons (Fsp3) is 0.326. The topological polar surface area (TPSA) is 252 Å². The van der Waals surface area contributed by atoms with Crippen LogP contribution in [0.2, 0.25) is 10.0 Å². The molecule has 1 aliphatic heterocycles. The molecule has 5 heterocycles. The number of hydrogen-bond donors (Lipinski definition) is 7. The quantitative estimate of drug-likeness (QED) is 0.0530. The predicted molar refractivity (Wildman–Crippen MR) is 249 cm³/mol. The van der Waals surface area contributed by atoms with E-state index in [1.807, 2.05) is 6.92 Å². The molecule has 0 unspecified atom stereocenters. The number of pyridine rings is 2. The van der Waals surface area contributed by atoms with Gasteiger partial charge in [-0.25, -0.2) is 4.98 Å². The molecule has 346 valence electrons. The number of nitrogen functional groups attached to an aromatic ring is 1. The molecule has 0 radical (unpaired) electrons. The van der Waals surface area contributed by atoms with Crippen molar-refractivity contribution in [2.24, 2.45) is 0 Å². The fourth-order valence-corrected chi connectivity index (χ4v) is 8.19. The van der Waals surface area contributed by atoms with E-state index in [1.54, 1.807) is 72.0 Å². The van der Waals surface area contributed by atoms with E-state index in [4.69, 9.17) is 38.4 Å². The first kappa shape index (κ1) is 47.4. The molecular weight excluding hydrogens is 891 g/mol. The number of halogens is 2. The molecule has 4 amide bonds. The summed E-state index contributed by atoms with van der Waals surface area (Å²) < 4.78 is 12.6. The molecule has 66 heavy (non-hydrogen) atoms. The summed E-state index contributed by atoms with van der Waals surface area (Å²) in [6.07, 6.45) is 6.29. The summed E-state index contributed by atoms with van der Waals surface area (Å²) in [4.78, 5) is 63.8. The Kier molecular flexibility index (Phi) is 15.9. The maximum atomic E-state index is 12.8. The number of carbonyl (C=O) groups excluding carboxylic acids is 4. The number of rotatable bonds is 20. The first-order valence-corrected chi connectivity index (χ1v) is 22.1. The van der Waals surface area contributed by atoms with Gasteiger partial charge >= 0.3 is 0 Å². The number of nitrogens with two attached hydrogens (primary N) is 1. The van der Waals surface area contributed by atoms with Gasteiger partial charge in [0.25, 0.3) is 5.91 Å². The van der Waals surface area contributed by atoms with Crippen LogP contribution in [0.1, 0.15) is 40.7 Å². The van der Waals surface area contributed by atoms with Gasteiger partial charge in [0.1, 0.15) is 30.4 Å². The van der Waals surface area contributed by atoms with Gasteiger partial charge in [-0.1, -0.05) is 48.3 Å². The third-order valence-electron chi connectivity index (χ3n) is 11.0. The molecule has 0 bridgehead atoms. The second kappa shape index (κ2) is 22.1. The summed E-state index contributed by atoms with van der Waals surface area (Å²) in [7, 11) is 0. The van der Waals surface area contributed by atoms with Crippen molar-refractivity contribution in [3.63, 3.8) is 0 Å². The van der Waals surface area contributed by atoms with E-state index in [1.165, 1.54) is 4.68 Å². The lowest BCUT2D eigenvalue weighted by Crippen LogP contribution is -2.37. The number of aromatic hydroxyl groups is 1. The van der Waals surface area contributed by atoms with Crippen LogP contribution in [0.25, 0.3) is 44.4 Å². The molecule has 0 saturated heterocycles. The Hall–Kier alpha value is -6.57. The van der Waals surface area contributed by atoms with Gasteiger partial charge in [-0.05, 0) is 47.9 Å². The summed E-state index contributed by atoms with van der Waals surface area (Å²) in [5.41, 5.74) is 14.4. The molecule has 0 aliphatic carbocycles. The summed E-state index contributed by atoms with van der Waals surface area (Å²) in [6.45, 7) is 3.97. The average Bonchev–Trinajstić information content (AvgIpc) is 3.95. The summed E-state index contributed by atoms with van der Waals surface area (Å²) in [5.74, 6) is -0.746. The monoisotopic (exact) mass is 940 g/mol. The highest BCUT2D eigenvalue weighted by Gasteiger charge is 2.28. The Balaban J connectivity index is 0.756. The first-order chi connectivity index (χ1) is 31.9. The van der Waals surface area contributed by atoms with Crippen molar-refractivity contribution in [2.45, 2.75) is 39.3 Å². The number of phenols is 1. The number of anilines is 1. The maximum Gasteiger partial charge on any atom is 0.269 e. The number of aliphatic hydroxyl groups excluding tert-OH is 1. The van der Waals surface area contributed by atoms with Crippen LogP contribution >= 0.6 is 23.2 Å². The zero-order valence-corrected chi connectivity index (χ0v) is 37.7. The molecule has 0 spiro atoms. The largest absolute Gasteiger partial charge is 0.508 e. The molecule has 8 N–H and O–H groups in total. The van der Waals surface area contributed by atoms with Crippen molar-refractivity contribution in [1.82, 2.24) is 45.6 Å². The summed E-state index contributed by atoms with van der Waals surface area (Å²) >= 11 is 13.1. The number of nitrogens with zero attached hydrogens (tertiary/aromatic N) is 5. The Morgan fingerprint density at radius 1 is 0.879 bits per heavy atom. The number of ether oxygens (including phenoxy) is 2. The number of phenolic OH excluding ortho intramolecular Hbond substituents is 1. The second-order valence-electron chi connectivity index (χ2n) is 15.3.